The summed E-state index contributed by atoms with van der Waals surface area (Å²) in [5.74, 6) is 0.115. The summed E-state index contributed by atoms with van der Waals surface area (Å²) in [5.41, 5.74) is 3.37. The van der Waals surface area contributed by atoms with Crippen molar-refractivity contribution in [3.05, 3.63) is 53.9 Å². The second kappa shape index (κ2) is 6.50. The number of hydrogen-bond donors (Lipinski definition) is 3. The Morgan fingerprint density at radius 1 is 1.13 bits per heavy atom. The number of phenols is 1. The normalized spacial score (nSPS) is 10.3. The van der Waals surface area contributed by atoms with Gasteiger partial charge >= 0.3 is 0 Å². The molecule has 0 aliphatic carbocycles. The summed E-state index contributed by atoms with van der Waals surface area (Å²) in [5, 5.41) is 18.1. The number of hydrogen-bond acceptors (Lipinski definition) is 5. The minimum absolute atomic E-state index is 0.0935. The van der Waals surface area contributed by atoms with E-state index in [1.165, 1.54) is 18.3 Å². The fraction of sp³-hybridized carbons (Fsp3) is 0.0588. The predicted molar refractivity (Wildman–Crippen MR) is 93.2 cm³/mol. The zero-order valence-corrected chi connectivity index (χ0v) is 13.2. The van der Waals surface area contributed by atoms with Gasteiger partial charge in [-0.3, -0.25) is 4.79 Å². The Balaban J connectivity index is 1.75. The lowest BCUT2D eigenvalue weighted by Gasteiger charge is -2.03. The Hall–Kier alpha value is -2.86. The first-order valence-corrected chi connectivity index (χ1v) is 7.88. The molecule has 1 amide bonds. The molecule has 0 aliphatic heterocycles. The van der Waals surface area contributed by atoms with E-state index >= 15 is 0 Å². The van der Waals surface area contributed by atoms with Gasteiger partial charge in [-0.15, -0.1) is 11.3 Å². The molecule has 6 heteroatoms. The molecule has 0 spiro atoms. The van der Waals surface area contributed by atoms with E-state index in [1.54, 1.807) is 18.2 Å². The van der Waals surface area contributed by atoms with Gasteiger partial charge in [-0.2, -0.15) is 0 Å². The minimum atomic E-state index is -0.0935. The molecule has 1 aromatic heterocycles. The van der Waals surface area contributed by atoms with Crippen molar-refractivity contribution in [2.45, 2.75) is 6.92 Å². The highest BCUT2D eigenvalue weighted by Crippen LogP contribution is 2.28. The third-order valence-corrected chi connectivity index (χ3v) is 3.86. The largest absolute Gasteiger partial charge is 0.508 e. The summed E-state index contributed by atoms with van der Waals surface area (Å²) in [6.45, 7) is 1.48. The van der Waals surface area contributed by atoms with Crippen molar-refractivity contribution in [2.24, 2.45) is 0 Å². The zero-order valence-electron chi connectivity index (χ0n) is 12.4. The first-order chi connectivity index (χ1) is 11.1. The van der Waals surface area contributed by atoms with Gasteiger partial charge in [0.05, 0.1) is 5.69 Å². The molecule has 0 bridgehead atoms. The summed E-state index contributed by atoms with van der Waals surface area (Å²) >= 11 is 1.49. The molecule has 3 aromatic rings. The SMILES string of the molecule is CC(=O)Nc1ccc(-c2csc(Nc3cccc(O)c3)n2)cc1. The number of thiazole rings is 1. The van der Waals surface area contributed by atoms with Gasteiger partial charge in [0.15, 0.2) is 5.13 Å². The fourth-order valence-corrected chi connectivity index (χ4v) is 2.84. The van der Waals surface area contributed by atoms with Gasteiger partial charge in [0.2, 0.25) is 5.91 Å². The minimum Gasteiger partial charge on any atom is -0.508 e. The molecular formula is C17H15N3O2S. The van der Waals surface area contributed by atoms with Crippen LogP contribution >= 0.6 is 11.3 Å². The number of carbonyl (C=O) groups excluding carboxylic acids is 1. The predicted octanol–water partition coefficient (Wildman–Crippen LogP) is 4.22. The van der Waals surface area contributed by atoms with Crippen LogP contribution in [0.1, 0.15) is 6.92 Å². The van der Waals surface area contributed by atoms with Gasteiger partial charge in [0.1, 0.15) is 5.75 Å². The van der Waals surface area contributed by atoms with Crippen LogP contribution in [0.25, 0.3) is 11.3 Å². The van der Waals surface area contributed by atoms with Gasteiger partial charge in [-0.05, 0) is 24.3 Å². The van der Waals surface area contributed by atoms with Crippen LogP contribution in [0.2, 0.25) is 0 Å². The lowest BCUT2D eigenvalue weighted by atomic mass is 10.1. The molecule has 0 radical (unpaired) electrons. The van der Waals surface area contributed by atoms with Crippen molar-refractivity contribution in [1.29, 1.82) is 0 Å². The summed E-state index contributed by atoms with van der Waals surface area (Å²) in [7, 11) is 0. The van der Waals surface area contributed by atoms with Crippen LogP contribution < -0.4 is 10.6 Å². The molecule has 3 rings (SSSR count). The summed E-state index contributed by atoms with van der Waals surface area (Å²) in [4.78, 5) is 15.6. The van der Waals surface area contributed by atoms with E-state index in [0.29, 0.717) is 0 Å². The smallest absolute Gasteiger partial charge is 0.221 e. The lowest BCUT2D eigenvalue weighted by molar-refractivity contribution is -0.114. The number of nitrogens with zero attached hydrogens (tertiary/aromatic N) is 1. The Labute approximate surface area is 137 Å². The van der Waals surface area contributed by atoms with E-state index < -0.39 is 0 Å². The number of phenolic OH excluding ortho intramolecular Hbond substituents is 1. The number of amides is 1. The van der Waals surface area contributed by atoms with E-state index in [4.69, 9.17) is 0 Å². The van der Waals surface area contributed by atoms with Gasteiger partial charge in [0, 0.05) is 35.3 Å². The molecule has 0 unspecified atom stereocenters. The Morgan fingerprint density at radius 2 is 1.91 bits per heavy atom. The lowest BCUT2D eigenvalue weighted by Crippen LogP contribution is -2.05. The van der Waals surface area contributed by atoms with Gasteiger partial charge < -0.3 is 15.7 Å². The van der Waals surface area contributed by atoms with Crippen LogP contribution in [-0.2, 0) is 4.79 Å². The Bertz CT molecular complexity index is 828. The number of aromatic hydroxyl groups is 1. The van der Waals surface area contributed by atoms with Crippen LogP contribution in [-0.4, -0.2) is 16.0 Å². The number of nitrogens with one attached hydrogen (secondary N) is 2. The van der Waals surface area contributed by atoms with Crippen molar-refractivity contribution in [3.8, 4) is 17.0 Å². The first kappa shape index (κ1) is 15.1. The maximum absolute atomic E-state index is 11.0. The van der Waals surface area contributed by atoms with Crippen molar-refractivity contribution in [3.63, 3.8) is 0 Å². The van der Waals surface area contributed by atoms with E-state index in [1.807, 2.05) is 35.7 Å². The molecule has 23 heavy (non-hydrogen) atoms. The van der Waals surface area contributed by atoms with Crippen LogP contribution in [0.3, 0.4) is 0 Å². The van der Waals surface area contributed by atoms with Crippen molar-refractivity contribution < 1.29 is 9.90 Å². The quantitative estimate of drug-likeness (QED) is 0.671. The Morgan fingerprint density at radius 3 is 2.61 bits per heavy atom. The van der Waals surface area contributed by atoms with Crippen molar-refractivity contribution in [1.82, 2.24) is 4.98 Å². The highest BCUT2D eigenvalue weighted by atomic mass is 32.1. The number of carbonyl (C=O) groups is 1. The molecular weight excluding hydrogens is 310 g/mol. The third kappa shape index (κ3) is 3.87. The van der Waals surface area contributed by atoms with E-state index in [2.05, 4.69) is 15.6 Å². The van der Waals surface area contributed by atoms with Crippen LogP contribution in [0.4, 0.5) is 16.5 Å². The zero-order chi connectivity index (χ0) is 16.2. The molecule has 0 atom stereocenters. The Kier molecular flexibility index (Phi) is 4.25. The monoisotopic (exact) mass is 325 g/mol. The van der Waals surface area contributed by atoms with Crippen molar-refractivity contribution in [2.75, 3.05) is 10.6 Å². The third-order valence-electron chi connectivity index (χ3n) is 3.10. The van der Waals surface area contributed by atoms with E-state index in [0.717, 1.165) is 27.8 Å². The highest BCUT2D eigenvalue weighted by molar-refractivity contribution is 7.14. The highest BCUT2D eigenvalue weighted by Gasteiger charge is 2.06. The second-order valence-corrected chi connectivity index (χ2v) is 5.83. The number of benzene rings is 2. The topological polar surface area (TPSA) is 74.2 Å². The fourth-order valence-electron chi connectivity index (χ4n) is 2.10. The molecule has 3 N–H and O–H groups in total. The van der Waals surface area contributed by atoms with Gasteiger partial charge in [-0.1, -0.05) is 18.2 Å². The van der Waals surface area contributed by atoms with Crippen LogP contribution in [0.15, 0.2) is 53.9 Å². The van der Waals surface area contributed by atoms with Gasteiger partial charge in [0.25, 0.3) is 0 Å². The van der Waals surface area contributed by atoms with E-state index in [9.17, 15) is 9.90 Å². The second-order valence-electron chi connectivity index (χ2n) is 4.97. The molecule has 1 heterocycles. The number of anilines is 3. The first-order valence-electron chi connectivity index (χ1n) is 7.00. The maximum Gasteiger partial charge on any atom is 0.221 e. The van der Waals surface area contributed by atoms with Crippen LogP contribution in [0.5, 0.6) is 5.75 Å². The molecule has 0 aliphatic rings. The molecule has 116 valence electrons. The molecule has 0 saturated heterocycles. The number of aromatic nitrogens is 1. The maximum atomic E-state index is 11.0. The van der Waals surface area contributed by atoms with Gasteiger partial charge in [-0.25, -0.2) is 4.98 Å². The molecule has 2 aromatic carbocycles. The number of rotatable bonds is 4. The molecule has 0 fully saturated rings. The standard InChI is InChI=1S/C17H15N3O2S/c1-11(21)18-13-7-5-12(6-8-13)16-10-23-17(20-16)19-14-3-2-4-15(22)9-14/h2-10,22H,1H3,(H,18,21)(H,19,20). The summed E-state index contributed by atoms with van der Waals surface area (Å²) in [6.07, 6.45) is 0. The summed E-state index contributed by atoms with van der Waals surface area (Å²) < 4.78 is 0. The van der Waals surface area contributed by atoms with Crippen molar-refractivity contribution >= 4 is 33.8 Å². The average Bonchev–Trinajstić information content (AvgIpc) is 2.96. The van der Waals surface area contributed by atoms with Crippen LogP contribution in [0, 0.1) is 0 Å². The summed E-state index contributed by atoms with van der Waals surface area (Å²) in [6, 6.07) is 14.4. The average molecular weight is 325 g/mol. The molecule has 0 saturated carbocycles. The molecule has 5 nitrogen and oxygen atoms in total. The van der Waals surface area contributed by atoms with E-state index in [-0.39, 0.29) is 11.7 Å².